The molecule has 1 heterocycles. The van der Waals surface area contributed by atoms with Crippen molar-refractivity contribution >= 4 is 10.0 Å². The summed E-state index contributed by atoms with van der Waals surface area (Å²) in [5, 5.41) is 0. The molecule has 0 bridgehead atoms. The van der Waals surface area contributed by atoms with Crippen molar-refractivity contribution in [2.24, 2.45) is 0 Å². The van der Waals surface area contributed by atoms with Crippen molar-refractivity contribution in [1.82, 2.24) is 9.29 Å². The van der Waals surface area contributed by atoms with Crippen molar-refractivity contribution in [1.29, 1.82) is 0 Å². The van der Waals surface area contributed by atoms with E-state index in [4.69, 9.17) is 0 Å². The van der Waals surface area contributed by atoms with Crippen LogP contribution in [0, 0.1) is 12.7 Å². The zero-order valence-electron chi connectivity index (χ0n) is 11.2. The van der Waals surface area contributed by atoms with Crippen LogP contribution in [0.3, 0.4) is 0 Å². The summed E-state index contributed by atoms with van der Waals surface area (Å²) < 4.78 is 39.2. The Bertz CT molecular complexity index is 702. The number of hydrogen-bond donors (Lipinski definition) is 0. The highest BCUT2D eigenvalue weighted by atomic mass is 32.2. The average Bonchev–Trinajstić information content (AvgIpc) is 2.39. The SMILES string of the molecule is Cc1cc(F)ccc1S(=O)(=O)N(C)Cc1ccccn1. The number of halogens is 1. The van der Waals surface area contributed by atoms with Crippen LogP contribution in [0.15, 0.2) is 47.5 Å². The third kappa shape index (κ3) is 3.02. The molecule has 0 aliphatic rings. The fourth-order valence-corrected chi connectivity index (χ4v) is 3.22. The summed E-state index contributed by atoms with van der Waals surface area (Å²) in [6, 6.07) is 8.96. The number of sulfonamides is 1. The maximum atomic E-state index is 13.1. The van der Waals surface area contributed by atoms with E-state index < -0.39 is 15.8 Å². The van der Waals surface area contributed by atoms with Crippen LogP contribution in [0.4, 0.5) is 4.39 Å². The van der Waals surface area contributed by atoms with Gasteiger partial charge in [0.25, 0.3) is 0 Å². The van der Waals surface area contributed by atoms with Crippen LogP contribution in [-0.4, -0.2) is 24.8 Å². The van der Waals surface area contributed by atoms with E-state index in [0.29, 0.717) is 11.3 Å². The standard InChI is InChI=1S/C14H15FN2O2S/c1-11-9-12(15)6-7-14(11)20(18,19)17(2)10-13-5-3-4-8-16-13/h3-9H,10H2,1-2H3. The molecule has 20 heavy (non-hydrogen) atoms. The average molecular weight is 294 g/mol. The molecule has 4 nitrogen and oxygen atoms in total. The molecular formula is C14H15FN2O2S. The van der Waals surface area contributed by atoms with Crippen LogP contribution in [0.5, 0.6) is 0 Å². The van der Waals surface area contributed by atoms with Crippen LogP contribution >= 0.6 is 0 Å². The summed E-state index contributed by atoms with van der Waals surface area (Å²) in [6.07, 6.45) is 1.61. The number of aromatic nitrogens is 1. The predicted octanol–water partition coefficient (Wildman–Crippen LogP) is 2.35. The second-order valence-electron chi connectivity index (χ2n) is 4.49. The van der Waals surface area contributed by atoms with Crippen LogP contribution < -0.4 is 0 Å². The normalized spacial score (nSPS) is 11.8. The van der Waals surface area contributed by atoms with Gasteiger partial charge in [0.05, 0.1) is 17.1 Å². The van der Waals surface area contributed by atoms with Crippen molar-refractivity contribution in [2.45, 2.75) is 18.4 Å². The van der Waals surface area contributed by atoms with Gasteiger partial charge >= 0.3 is 0 Å². The van der Waals surface area contributed by atoms with Crippen molar-refractivity contribution < 1.29 is 12.8 Å². The molecule has 0 atom stereocenters. The van der Waals surface area contributed by atoms with Crippen LogP contribution in [0.1, 0.15) is 11.3 Å². The summed E-state index contributed by atoms with van der Waals surface area (Å²) in [4.78, 5) is 4.20. The quantitative estimate of drug-likeness (QED) is 0.869. The number of rotatable bonds is 4. The molecule has 0 radical (unpaired) electrons. The molecule has 0 fully saturated rings. The van der Waals surface area contributed by atoms with Crippen molar-refractivity contribution in [3.8, 4) is 0 Å². The Morgan fingerprint density at radius 2 is 2.00 bits per heavy atom. The molecule has 1 aromatic heterocycles. The third-order valence-corrected chi connectivity index (χ3v) is 4.90. The first kappa shape index (κ1) is 14.6. The Morgan fingerprint density at radius 1 is 1.25 bits per heavy atom. The van der Waals surface area contributed by atoms with Gasteiger partial charge in [-0.2, -0.15) is 4.31 Å². The fourth-order valence-electron chi connectivity index (χ4n) is 1.87. The van der Waals surface area contributed by atoms with Crippen LogP contribution in [0.25, 0.3) is 0 Å². The highest BCUT2D eigenvalue weighted by Crippen LogP contribution is 2.20. The van der Waals surface area contributed by atoms with Gasteiger partial charge in [0.1, 0.15) is 5.82 Å². The van der Waals surface area contributed by atoms with Gasteiger partial charge in [-0.25, -0.2) is 12.8 Å². The largest absolute Gasteiger partial charge is 0.260 e. The molecule has 2 rings (SSSR count). The van der Waals surface area contributed by atoms with Gasteiger partial charge in [-0.3, -0.25) is 4.98 Å². The summed E-state index contributed by atoms with van der Waals surface area (Å²) >= 11 is 0. The second-order valence-corrected chi connectivity index (χ2v) is 6.51. The van der Waals surface area contributed by atoms with Gasteiger partial charge in [-0.15, -0.1) is 0 Å². The molecule has 106 valence electrons. The lowest BCUT2D eigenvalue weighted by atomic mass is 10.2. The highest BCUT2D eigenvalue weighted by Gasteiger charge is 2.23. The number of benzene rings is 1. The van der Waals surface area contributed by atoms with E-state index in [0.717, 1.165) is 6.07 Å². The summed E-state index contributed by atoms with van der Waals surface area (Å²) in [5.41, 5.74) is 1.04. The van der Waals surface area contributed by atoms with E-state index in [1.54, 1.807) is 31.3 Å². The molecule has 0 unspecified atom stereocenters. The molecule has 6 heteroatoms. The highest BCUT2D eigenvalue weighted by molar-refractivity contribution is 7.89. The Labute approximate surface area is 117 Å². The first-order valence-electron chi connectivity index (χ1n) is 6.03. The van der Waals surface area contributed by atoms with Gasteiger partial charge in [-0.05, 0) is 42.8 Å². The van der Waals surface area contributed by atoms with Crippen molar-refractivity contribution in [3.05, 3.63) is 59.7 Å². The smallest absolute Gasteiger partial charge is 0.243 e. The Balaban J connectivity index is 2.30. The molecule has 0 aliphatic carbocycles. The van der Waals surface area contributed by atoms with Gasteiger partial charge in [0.15, 0.2) is 0 Å². The van der Waals surface area contributed by atoms with E-state index in [2.05, 4.69) is 4.98 Å². The number of pyridine rings is 1. The van der Waals surface area contributed by atoms with Crippen molar-refractivity contribution in [3.63, 3.8) is 0 Å². The molecule has 0 spiro atoms. The maximum absolute atomic E-state index is 13.1. The van der Waals surface area contributed by atoms with Crippen molar-refractivity contribution in [2.75, 3.05) is 7.05 Å². The third-order valence-electron chi connectivity index (χ3n) is 2.94. The Hall–Kier alpha value is -1.79. The molecule has 1 aromatic carbocycles. The minimum absolute atomic E-state index is 0.109. The zero-order chi connectivity index (χ0) is 14.8. The van der Waals surface area contributed by atoms with Gasteiger partial charge in [-0.1, -0.05) is 6.07 Å². The minimum Gasteiger partial charge on any atom is -0.260 e. The lowest BCUT2D eigenvalue weighted by Crippen LogP contribution is -2.27. The summed E-state index contributed by atoms with van der Waals surface area (Å²) in [6.45, 7) is 1.74. The number of nitrogens with zero attached hydrogens (tertiary/aromatic N) is 2. The van der Waals surface area contributed by atoms with E-state index in [-0.39, 0.29) is 11.4 Å². The van der Waals surface area contributed by atoms with Gasteiger partial charge < -0.3 is 0 Å². The van der Waals surface area contributed by atoms with E-state index in [9.17, 15) is 12.8 Å². The lowest BCUT2D eigenvalue weighted by Gasteiger charge is -2.18. The summed E-state index contributed by atoms with van der Waals surface area (Å²) in [5.74, 6) is -0.450. The minimum atomic E-state index is -3.66. The molecule has 0 aliphatic heterocycles. The van der Waals surface area contributed by atoms with E-state index in [1.165, 1.54) is 23.5 Å². The summed E-state index contributed by atoms with van der Waals surface area (Å²) in [7, 11) is -2.18. The Kier molecular flexibility index (Phi) is 4.15. The van der Waals surface area contributed by atoms with Gasteiger partial charge in [0, 0.05) is 13.2 Å². The molecule has 2 aromatic rings. The van der Waals surface area contributed by atoms with Crippen LogP contribution in [-0.2, 0) is 16.6 Å². The van der Waals surface area contributed by atoms with Gasteiger partial charge in [0.2, 0.25) is 10.0 Å². The van der Waals surface area contributed by atoms with E-state index in [1.807, 2.05) is 0 Å². The fraction of sp³-hybridized carbons (Fsp3) is 0.214. The lowest BCUT2D eigenvalue weighted by molar-refractivity contribution is 0.461. The number of hydrogen-bond acceptors (Lipinski definition) is 3. The molecule has 0 saturated carbocycles. The Morgan fingerprint density at radius 3 is 2.60 bits per heavy atom. The molecular weight excluding hydrogens is 279 g/mol. The first-order valence-corrected chi connectivity index (χ1v) is 7.47. The maximum Gasteiger partial charge on any atom is 0.243 e. The first-order chi connectivity index (χ1) is 9.41. The van der Waals surface area contributed by atoms with Crippen LogP contribution in [0.2, 0.25) is 0 Å². The number of aryl methyl sites for hydroxylation is 1. The van der Waals surface area contributed by atoms with E-state index >= 15 is 0 Å². The molecule has 0 saturated heterocycles. The predicted molar refractivity (Wildman–Crippen MR) is 74.0 cm³/mol. The second kappa shape index (κ2) is 5.68. The molecule has 0 N–H and O–H groups in total. The molecule has 0 amide bonds. The topological polar surface area (TPSA) is 50.3 Å². The monoisotopic (exact) mass is 294 g/mol. The zero-order valence-corrected chi connectivity index (χ0v) is 12.1.